The van der Waals surface area contributed by atoms with Gasteiger partial charge >= 0.3 is 0 Å². The van der Waals surface area contributed by atoms with Crippen molar-refractivity contribution in [2.45, 2.75) is 45.8 Å². The van der Waals surface area contributed by atoms with Crippen LogP contribution in [-0.4, -0.2) is 57.0 Å². The SMILES string of the molecule is Cc1nc2c(F)cc(C3N=C(Nc4ccc(C(=O)N5CCNC(C)C5)cn4)NC=C3F)cc2n1C(C)C. The Hall–Kier alpha value is -3.86. The smallest absolute Gasteiger partial charge is 0.255 e. The van der Waals surface area contributed by atoms with Gasteiger partial charge in [0.25, 0.3) is 5.91 Å². The fourth-order valence-electron chi connectivity index (χ4n) is 4.86. The summed E-state index contributed by atoms with van der Waals surface area (Å²) in [5.41, 5.74) is 1.72. The normalized spacial score (nSPS) is 20.0. The minimum absolute atomic E-state index is 0.0599. The van der Waals surface area contributed by atoms with Crippen molar-refractivity contribution in [1.82, 2.24) is 30.1 Å². The Balaban J connectivity index is 1.36. The summed E-state index contributed by atoms with van der Waals surface area (Å²) in [5.74, 6) is 0.235. The third-order valence-corrected chi connectivity index (χ3v) is 6.56. The molecule has 2 aromatic heterocycles. The highest BCUT2D eigenvalue weighted by atomic mass is 19.1. The number of rotatable bonds is 4. The Bertz CT molecular complexity index is 1400. The Morgan fingerprint density at radius 3 is 2.76 bits per heavy atom. The molecule has 3 N–H and O–H groups in total. The maximum atomic E-state index is 14.9. The number of halogens is 2. The molecule has 1 aromatic carbocycles. The zero-order chi connectivity index (χ0) is 26.3. The van der Waals surface area contributed by atoms with E-state index in [1.54, 1.807) is 23.1 Å². The molecule has 2 atom stereocenters. The molecule has 11 heteroatoms. The van der Waals surface area contributed by atoms with Crippen molar-refractivity contribution in [3.63, 3.8) is 0 Å². The molecule has 0 spiro atoms. The highest BCUT2D eigenvalue weighted by molar-refractivity contribution is 5.96. The first-order chi connectivity index (χ1) is 17.7. The van der Waals surface area contributed by atoms with E-state index in [2.05, 4.69) is 30.9 Å². The summed E-state index contributed by atoms with van der Waals surface area (Å²) >= 11 is 0. The van der Waals surface area contributed by atoms with Crippen LogP contribution in [-0.2, 0) is 0 Å². The maximum absolute atomic E-state index is 14.9. The van der Waals surface area contributed by atoms with E-state index in [9.17, 15) is 13.6 Å². The molecular weight excluding hydrogens is 478 g/mol. The summed E-state index contributed by atoms with van der Waals surface area (Å²) in [6, 6.07) is 5.65. The second-order valence-corrected chi connectivity index (χ2v) is 9.71. The monoisotopic (exact) mass is 508 g/mol. The van der Waals surface area contributed by atoms with E-state index < -0.39 is 17.7 Å². The third kappa shape index (κ3) is 4.91. The summed E-state index contributed by atoms with van der Waals surface area (Å²) in [6.45, 7) is 9.88. The van der Waals surface area contributed by atoms with Gasteiger partial charge in [-0.1, -0.05) is 0 Å². The number of anilines is 1. The molecule has 3 aromatic rings. The van der Waals surface area contributed by atoms with Crippen molar-refractivity contribution in [2.24, 2.45) is 4.99 Å². The van der Waals surface area contributed by atoms with Crippen LogP contribution in [0.4, 0.5) is 14.6 Å². The standard InChI is InChI=1S/C26H30F2N8O/c1-14(2)36-16(4)32-24-19(27)9-18(10-21(24)36)23-20(28)12-31-26(34-23)33-22-6-5-17(11-30-22)25(37)35-8-7-29-15(3)13-35/h5-6,9-12,14-15,23,29H,7-8,13H2,1-4H3,(H2,30,31,33,34). The molecule has 194 valence electrons. The van der Waals surface area contributed by atoms with Gasteiger partial charge in [0.1, 0.15) is 29.0 Å². The Morgan fingerprint density at radius 2 is 2.05 bits per heavy atom. The third-order valence-electron chi connectivity index (χ3n) is 6.56. The molecule has 0 saturated carbocycles. The molecule has 2 aliphatic heterocycles. The van der Waals surface area contributed by atoms with Gasteiger partial charge in [0, 0.05) is 44.1 Å². The number of carbonyl (C=O) groups is 1. The highest BCUT2D eigenvalue weighted by Gasteiger charge is 2.25. The Labute approximate surface area is 213 Å². The predicted molar refractivity (Wildman–Crippen MR) is 139 cm³/mol. The van der Waals surface area contributed by atoms with Crippen molar-refractivity contribution in [2.75, 3.05) is 25.0 Å². The first-order valence-corrected chi connectivity index (χ1v) is 12.3. The molecule has 0 aliphatic carbocycles. The second kappa shape index (κ2) is 9.89. The predicted octanol–water partition coefficient (Wildman–Crippen LogP) is 3.82. The molecule has 2 unspecified atom stereocenters. The average molecular weight is 509 g/mol. The number of pyridine rings is 1. The number of hydrogen-bond acceptors (Lipinski definition) is 7. The lowest BCUT2D eigenvalue weighted by atomic mass is 10.0. The van der Waals surface area contributed by atoms with E-state index in [1.165, 1.54) is 18.5 Å². The van der Waals surface area contributed by atoms with Gasteiger partial charge in [-0.15, -0.1) is 0 Å². The van der Waals surface area contributed by atoms with Crippen LogP contribution in [0.15, 0.2) is 47.5 Å². The maximum Gasteiger partial charge on any atom is 0.255 e. The first-order valence-electron chi connectivity index (χ1n) is 12.3. The van der Waals surface area contributed by atoms with Gasteiger partial charge in [-0.3, -0.25) is 4.79 Å². The quantitative estimate of drug-likeness (QED) is 0.496. The van der Waals surface area contributed by atoms with Gasteiger partial charge in [0.2, 0.25) is 5.96 Å². The lowest BCUT2D eigenvalue weighted by molar-refractivity contribution is 0.0708. The van der Waals surface area contributed by atoms with Crippen LogP contribution >= 0.6 is 0 Å². The number of benzene rings is 1. The van der Waals surface area contributed by atoms with Gasteiger partial charge in [0.15, 0.2) is 5.82 Å². The molecule has 0 bridgehead atoms. The average Bonchev–Trinajstić information content (AvgIpc) is 3.22. The van der Waals surface area contributed by atoms with Gasteiger partial charge in [0.05, 0.1) is 11.1 Å². The molecule has 5 rings (SSSR count). The lowest BCUT2D eigenvalue weighted by Gasteiger charge is -2.31. The highest BCUT2D eigenvalue weighted by Crippen LogP contribution is 2.33. The summed E-state index contributed by atoms with van der Waals surface area (Å²) in [5, 5.41) is 9.09. The zero-order valence-electron chi connectivity index (χ0n) is 21.2. The van der Waals surface area contributed by atoms with E-state index in [4.69, 9.17) is 0 Å². The number of guanidine groups is 1. The van der Waals surface area contributed by atoms with Crippen molar-refractivity contribution < 1.29 is 13.6 Å². The minimum Gasteiger partial charge on any atom is -0.336 e. The first kappa shape index (κ1) is 24.8. The van der Waals surface area contributed by atoms with E-state index in [0.717, 1.165) is 6.54 Å². The van der Waals surface area contributed by atoms with Gasteiger partial charge in [-0.05, 0) is 57.5 Å². The number of aromatic nitrogens is 3. The molecule has 1 saturated heterocycles. The minimum atomic E-state index is -1.03. The number of nitrogens with one attached hydrogen (secondary N) is 3. The second-order valence-electron chi connectivity index (χ2n) is 9.71. The fourth-order valence-corrected chi connectivity index (χ4v) is 4.86. The number of nitrogens with zero attached hydrogens (tertiary/aromatic N) is 5. The van der Waals surface area contributed by atoms with E-state index >= 15 is 0 Å². The number of piperazine rings is 1. The Kier molecular flexibility index (Phi) is 6.63. The van der Waals surface area contributed by atoms with E-state index in [0.29, 0.717) is 41.4 Å². The summed E-state index contributed by atoms with van der Waals surface area (Å²) in [4.78, 5) is 27.7. The summed E-state index contributed by atoms with van der Waals surface area (Å²) in [7, 11) is 0. The lowest BCUT2D eigenvalue weighted by Crippen LogP contribution is -2.51. The Morgan fingerprint density at radius 1 is 1.24 bits per heavy atom. The van der Waals surface area contributed by atoms with Gasteiger partial charge in [-0.2, -0.15) is 0 Å². The van der Waals surface area contributed by atoms with Crippen LogP contribution in [0.1, 0.15) is 54.6 Å². The van der Waals surface area contributed by atoms with Crippen LogP contribution < -0.4 is 16.0 Å². The van der Waals surface area contributed by atoms with Crippen molar-refractivity contribution in [3.8, 4) is 0 Å². The number of aryl methyl sites for hydroxylation is 1. The number of imidazole rings is 1. The summed E-state index contributed by atoms with van der Waals surface area (Å²) in [6.07, 6.45) is 2.70. The van der Waals surface area contributed by atoms with Crippen molar-refractivity contribution >= 4 is 28.7 Å². The number of hydrogen-bond donors (Lipinski definition) is 3. The van der Waals surface area contributed by atoms with E-state index in [1.807, 2.05) is 32.3 Å². The molecule has 9 nitrogen and oxygen atoms in total. The van der Waals surface area contributed by atoms with Crippen LogP contribution in [0.5, 0.6) is 0 Å². The molecule has 4 heterocycles. The van der Waals surface area contributed by atoms with Crippen LogP contribution in [0.3, 0.4) is 0 Å². The zero-order valence-corrected chi connectivity index (χ0v) is 21.2. The van der Waals surface area contributed by atoms with Gasteiger partial charge in [-0.25, -0.2) is 23.7 Å². The molecule has 37 heavy (non-hydrogen) atoms. The number of carbonyl (C=O) groups excluding carboxylic acids is 1. The van der Waals surface area contributed by atoms with Crippen LogP contribution in [0.25, 0.3) is 11.0 Å². The number of fused-ring (bicyclic) bond motifs is 1. The molecule has 0 radical (unpaired) electrons. The van der Waals surface area contributed by atoms with E-state index in [-0.39, 0.29) is 29.5 Å². The van der Waals surface area contributed by atoms with Crippen LogP contribution in [0.2, 0.25) is 0 Å². The molecule has 1 fully saturated rings. The van der Waals surface area contributed by atoms with Crippen molar-refractivity contribution in [1.29, 1.82) is 0 Å². The molecule has 2 aliphatic rings. The number of aliphatic imine (C=N–C) groups is 1. The topological polar surface area (TPSA) is 99.5 Å². The summed E-state index contributed by atoms with van der Waals surface area (Å²) < 4.78 is 31.7. The fraction of sp³-hybridized carbons (Fsp3) is 0.385. The number of amides is 1. The van der Waals surface area contributed by atoms with Gasteiger partial charge < -0.3 is 25.4 Å². The molecular formula is C26H30F2N8O. The molecule has 1 amide bonds. The van der Waals surface area contributed by atoms with Crippen molar-refractivity contribution in [3.05, 3.63) is 65.3 Å². The largest absolute Gasteiger partial charge is 0.336 e. The van der Waals surface area contributed by atoms with Crippen LogP contribution in [0, 0.1) is 12.7 Å².